The van der Waals surface area contributed by atoms with E-state index in [0.717, 1.165) is 17.7 Å². The van der Waals surface area contributed by atoms with Gasteiger partial charge in [-0.3, -0.25) is 0 Å². The molecule has 0 unspecified atom stereocenters. The number of rotatable bonds is 7. The molecule has 0 aliphatic rings. The summed E-state index contributed by atoms with van der Waals surface area (Å²) >= 11 is 2.85. The molecule has 2 aromatic rings. The van der Waals surface area contributed by atoms with Crippen LogP contribution in [0.5, 0.6) is 0 Å². The van der Waals surface area contributed by atoms with Crippen molar-refractivity contribution in [3.63, 3.8) is 0 Å². The Morgan fingerprint density at radius 1 is 1.30 bits per heavy atom. The molecule has 4 nitrogen and oxygen atoms in total. The minimum atomic E-state index is -3.39. The molecule has 0 aromatic carbocycles. The molecule has 20 heavy (non-hydrogen) atoms. The van der Waals surface area contributed by atoms with E-state index in [9.17, 15) is 8.42 Å². The molecule has 2 heterocycles. The van der Waals surface area contributed by atoms with Gasteiger partial charge in [0.2, 0.25) is 0 Å². The maximum absolute atomic E-state index is 12.5. The van der Waals surface area contributed by atoms with Gasteiger partial charge in [-0.1, -0.05) is 6.92 Å². The van der Waals surface area contributed by atoms with Gasteiger partial charge in [0, 0.05) is 20.1 Å². The van der Waals surface area contributed by atoms with E-state index in [-0.39, 0.29) is 0 Å². The molecule has 0 saturated heterocycles. The molecule has 0 radical (unpaired) electrons. The molecule has 2 rings (SSSR count). The number of hydrogen-bond acceptors (Lipinski definition) is 5. The Kier molecular flexibility index (Phi) is 5.34. The highest BCUT2D eigenvalue weighted by Crippen LogP contribution is 2.24. The third-order valence-electron chi connectivity index (χ3n) is 2.86. The topological polar surface area (TPSA) is 49.4 Å². The molecule has 1 N–H and O–H groups in total. The van der Waals surface area contributed by atoms with Crippen LogP contribution in [0.15, 0.2) is 32.5 Å². The van der Waals surface area contributed by atoms with Crippen molar-refractivity contribution in [3.8, 4) is 0 Å². The fourth-order valence-corrected chi connectivity index (χ4v) is 4.97. The number of sulfonamides is 1. The Morgan fingerprint density at radius 3 is 2.75 bits per heavy atom. The highest BCUT2D eigenvalue weighted by Gasteiger charge is 2.22. The van der Waals surface area contributed by atoms with Crippen LogP contribution in [0.2, 0.25) is 0 Å². The smallest absolute Gasteiger partial charge is 0.252 e. The Morgan fingerprint density at radius 2 is 2.10 bits per heavy atom. The predicted octanol–water partition coefficient (Wildman–Crippen LogP) is 2.74. The van der Waals surface area contributed by atoms with Crippen LogP contribution in [0.4, 0.5) is 0 Å². The summed E-state index contributed by atoms with van der Waals surface area (Å²) < 4.78 is 26.7. The van der Waals surface area contributed by atoms with Crippen LogP contribution in [0.1, 0.15) is 18.1 Å². The molecule has 7 heteroatoms. The van der Waals surface area contributed by atoms with Gasteiger partial charge >= 0.3 is 0 Å². The van der Waals surface area contributed by atoms with Gasteiger partial charge in [0.05, 0.1) is 0 Å². The predicted molar refractivity (Wildman–Crippen MR) is 84.7 cm³/mol. The average Bonchev–Trinajstić information content (AvgIpc) is 3.07. The SMILES string of the molecule is CCNCc1csc(S(=O)(=O)N(C)Cc2ccsc2)c1. The standard InChI is InChI=1S/C13H18N2O2S3/c1-3-14-7-12-6-13(19-10-12)20(16,17)15(2)8-11-4-5-18-9-11/h4-6,9-10,14H,3,7-8H2,1-2H3. The Balaban J connectivity index is 2.10. The van der Waals surface area contributed by atoms with Crippen LogP contribution in [0, 0.1) is 0 Å². The average molecular weight is 330 g/mol. The quantitative estimate of drug-likeness (QED) is 0.849. The second-order valence-corrected chi connectivity index (χ2v) is 8.41. The zero-order chi connectivity index (χ0) is 14.6. The van der Waals surface area contributed by atoms with Crippen molar-refractivity contribution in [1.29, 1.82) is 0 Å². The normalized spacial score (nSPS) is 12.2. The first kappa shape index (κ1) is 15.7. The van der Waals surface area contributed by atoms with Crippen LogP contribution in [0.3, 0.4) is 0 Å². The first-order chi connectivity index (χ1) is 9.54. The van der Waals surface area contributed by atoms with Crippen LogP contribution >= 0.6 is 22.7 Å². The molecule has 2 aromatic heterocycles. The second-order valence-electron chi connectivity index (χ2n) is 4.45. The summed E-state index contributed by atoms with van der Waals surface area (Å²) in [4.78, 5) is 0. The highest BCUT2D eigenvalue weighted by atomic mass is 32.2. The van der Waals surface area contributed by atoms with Crippen molar-refractivity contribution in [3.05, 3.63) is 39.4 Å². The molecular formula is C13H18N2O2S3. The van der Waals surface area contributed by atoms with E-state index < -0.39 is 10.0 Å². The lowest BCUT2D eigenvalue weighted by atomic mass is 10.3. The van der Waals surface area contributed by atoms with E-state index in [1.54, 1.807) is 24.5 Å². The van der Waals surface area contributed by atoms with Gasteiger partial charge in [-0.15, -0.1) is 11.3 Å². The minimum Gasteiger partial charge on any atom is -0.313 e. The van der Waals surface area contributed by atoms with Gasteiger partial charge in [0.1, 0.15) is 4.21 Å². The highest BCUT2D eigenvalue weighted by molar-refractivity contribution is 7.91. The lowest BCUT2D eigenvalue weighted by Gasteiger charge is -2.15. The van der Waals surface area contributed by atoms with Gasteiger partial charge in [-0.2, -0.15) is 15.6 Å². The first-order valence-corrected chi connectivity index (χ1v) is 9.56. The molecule has 0 spiro atoms. The molecule has 0 fully saturated rings. The molecular weight excluding hydrogens is 312 g/mol. The fourth-order valence-electron chi connectivity index (χ4n) is 1.73. The molecule has 0 aliphatic heterocycles. The number of nitrogens with zero attached hydrogens (tertiary/aromatic N) is 1. The number of thiophene rings is 2. The van der Waals surface area contributed by atoms with E-state index >= 15 is 0 Å². The summed E-state index contributed by atoms with van der Waals surface area (Å²) in [7, 11) is -1.77. The van der Waals surface area contributed by atoms with Gasteiger partial charge < -0.3 is 5.32 Å². The van der Waals surface area contributed by atoms with Gasteiger partial charge in [0.25, 0.3) is 10.0 Å². The molecule has 110 valence electrons. The lowest BCUT2D eigenvalue weighted by Crippen LogP contribution is -2.25. The molecule has 0 atom stereocenters. The van der Waals surface area contributed by atoms with Crippen molar-refractivity contribution >= 4 is 32.7 Å². The summed E-state index contributed by atoms with van der Waals surface area (Å²) in [5, 5.41) is 9.01. The monoisotopic (exact) mass is 330 g/mol. The maximum atomic E-state index is 12.5. The Labute approximate surface area is 128 Å². The largest absolute Gasteiger partial charge is 0.313 e. The summed E-state index contributed by atoms with van der Waals surface area (Å²) in [5.41, 5.74) is 2.03. The second kappa shape index (κ2) is 6.82. The van der Waals surface area contributed by atoms with Gasteiger partial charge in [-0.05, 0) is 45.9 Å². The summed E-state index contributed by atoms with van der Waals surface area (Å²) in [6, 6.07) is 3.70. The maximum Gasteiger partial charge on any atom is 0.252 e. The van der Waals surface area contributed by atoms with Crippen LogP contribution < -0.4 is 5.32 Å². The van der Waals surface area contributed by atoms with E-state index in [2.05, 4.69) is 5.32 Å². The third-order valence-corrected chi connectivity index (χ3v) is 6.86. The van der Waals surface area contributed by atoms with E-state index in [4.69, 9.17) is 0 Å². The van der Waals surface area contributed by atoms with Crippen LogP contribution in [0.25, 0.3) is 0 Å². The molecule has 0 amide bonds. The third kappa shape index (κ3) is 3.67. The number of nitrogens with one attached hydrogen (secondary N) is 1. The van der Waals surface area contributed by atoms with Crippen molar-refractivity contribution in [1.82, 2.24) is 9.62 Å². The van der Waals surface area contributed by atoms with Gasteiger partial charge in [-0.25, -0.2) is 8.42 Å². The molecule has 0 saturated carbocycles. The summed E-state index contributed by atoms with van der Waals surface area (Å²) in [6.07, 6.45) is 0. The zero-order valence-electron chi connectivity index (χ0n) is 11.5. The summed E-state index contributed by atoms with van der Waals surface area (Å²) in [5.74, 6) is 0. The van der Waals surface area contributed by atoms with Crippen LogP contribution in [-0.2, 0) is 23.1 Å². The first-order valence-electron chi connectivity index (χ1n) is 6.29. The van der Waals surface area contributed by atoms with Crippen molar-refractivity contribution in [2.45, 2.75) is 24.2 Å². The molecule has 0 aliphatic carbocycles. The van der Waals surface area contributed by atoms with Gasteiger partial charge in [0.15, 0.2) is 0 Å². The number of hydrogen-bond donors (Lipinski definition) is 1. The van der Waals surface area contributed by atoms with E-state index in [0.29, 0.717) is 17.3 Å². The van der Waals surface area contributed by atoms with E-state index in [1.165, 1.54) is 15.6 Å². The Bertz CT molecular complexity index is 632. The summed E-state index contributed by atoms with van der Waals surface area (Å²) in [6.45, 7) is 4.01. The minimum absolute atomic E-state index is 0.406. The lowest BCUT2D eigenvalue weighted by molar-refractivity contribution is 0.469. The Hall–Kier alpha value is -0.730. The van der Waals surface area contributed by atoms with Crippen molar-refractivity contribution < 1.29 is 8.42 Å². The fraction of sp³-hybridized carbons (Fsp3) is 0.385. The van der Waals surface area contributed by atoms with Crippen molar-refractivity contribution in [2.24, 2.45) is 0 Å². The van der Waals surface area contributed by atoms with Crippen LogP contribution in [-0.4, -0.2) is 26.3 Å². The van der Waals surface area contributed by atoms with E-state index in [1.807, 2.05) is 29.1 Å². The van der Waals surface area contributed by atoms with Crippen molar-refractivity contribution in [2.75, 3.05) is 13.6 Å². The molecule has 0 bridgehead atoms. The zero-order valence-corrected chi connectivity index (χ0v) is 13.9.